The van der Waals surface area contributed by atoms with Crippen LogP contribution in [0.1, 0.15) is 26.3 Å². The Hall–Kier alpha value is -0.390. The summed E-state index contributed by atoms with van der Waals surface area (Å²) in [5.74, 6) is 0. The van der Waals surface area contributed by atoms with Crippen molar-refractivity contribution in [3.63, 3.8) is 0 Å². The van der Waals surface area contributed by atoms with E-state index in [0.29, 0.717) is 0 Å². The van der Waals surface area contributed by atoms with Gasteiger partial charge in [0.05, 0.1) is 0 Å². The van der Waals surface area contributed by atoms with Gasteiger partial charge in [0, 0.05) is 6.61 Å². The van der Waals surface area contributed by atoms with Crippen LogP contribution < -0.4 is 5.30 Å². The zero-order valence-corrected chi connectivity index (χ0v) is 10.2. The molecule has 0 saturated carbocycles. The van der Waals surface area contributed by atoms with Crippen molar-refractivity contribution in [1.82, 2.24) is 0 Å². The predicted octanol–water partition coefficient (Wildman–Crippen LogP) is 2.52. The van der Waals surface area contributed by atoms with Gasteiger partial charge < -0.3 is 5.11 Å². The highest BCUT2D eigenvalue weighted by atomic mass is 31.0. The minimum Gasteiger partial charge on any atom is -0.397 e. The van der Waals surface area contributed by atoms with E-state index in [2.05, 4.69) is 40.4 Å². The molecule has 0 aliphatic heterocycles. The summed E-state index contributed by atoms with van der Waals surface area (Å²) in [5, 5.41) is 8.82. The summed E-state index contributed by atoms with van der Waals surface area (Å²) in [6, 6.07) is 8.37. The predicted molar refractivity (Wildman–Crippen MR) is 64.6 cm³/mol. The molecule has 0 aromatic heterocycles. The first-order valence-corrected chi connectivity index (χ1v) is 5.21. The molecule has 1 nitrogen and oxygen atoms in total. The van der Waals surface area contributed by atoms with Gasteiger partial charge in [0.1, 0.15) is 0 Å². The molecular formula is C11H21OP. The Kier molecular flexibility index (Phi) is 13.5. The Balaban J connectivity index is 0. The molecule has 0 radical (unpaired) electrons. The standard InChI is InChI=1S/C7H9P.C2H6O.C2H6/c1-6-2-4-7(8)5-3-6;1-2-3;1-2/h2-5H,8H2,1H3;3H,2H2,1H3;1-2H3. The Morgan fingerprint density at radius 2 is 1.46 bits per heavy atom. The van der Waals surface area contributed by atoms with Crippen molar-refractivity contribution in [1.29, 1.82) is 0 Å². The summed E-state index contributed by atoms with van der Waals surface area (Å²) in [5.41, 5.74) is 1.32. The fraction of sp³-hybridized carbons (Fsp3) is 0.455. The molecule has 1 aromatic carbocycles. The Labute approximate surface area is 84.4 Å². The van der Waals surface area contributed by atoms with Gasteiger partial charge in [0.2, 0.25) is 0 Å². The van der Waals surface area contributed by atoms with Crippen molar-refractivity contribution in [3.8, 4) is 0 Å². The molecule has 1 rings (SSSR count). The van der Waals surface area contributed by atoms with E-state index >= 15 is 0 Å². The van der Waals surface area contributed by atoms with Crippen molar-refractivity contribution in [3.05, 3.63) is 29.8 Å². The SMILES string of the molecule is CC.CCO.Cc1ccc(P)cc1. The zero-order chi connectivity index (χ0) is 10.7. The Bertz CT molecular complexity index is 161. The molecule has 1 atom stereocenters. The summed E-state index contributed by atoms with van der Waals surface area (Å²) in [6.07, 6.45) is 0. The molecule has 1 unspecified atom stereocenters. The van der Waals surface area contributed by atoms with Crippen LogP contribution >= 0.6 is 9.24 Å². The number of aliphatic hydroxyl groups is 1. The molecule has 0 fully saturated rings. The summed E-state index contributed by atoms with van der Waals surface area (Å²) >= 11 is 0. The second kappa shape index (κ2) is 11.6. The van der Waals surface area contributed by atoms with E-state index in [9.17, 15) is 0 Å². The highest BCUT2D eigenvalue weighted by Crippen LogP contribution is 1.94. The lowest BCUT2D eigenvalue weighted by molar-refractivity contribution is 0.318. The lowest BCUT2D eigenvalue weighted by Gasteiger charge is -1.89. The first-order valence-electron chi connectivity index (χ1n) is 4.63. The third-order valence-corrected chi connectivity index (χ3v) is 1.46. The maximum absolute atomic E-state index is 7.57. The molecular weight excluding hydrogens is 179 g/mol. The number of hydrogen-bond donors (Lipinski definition) is 1. The van der Waals surface area contributed by atoms with Gasteiger partial charge in [-0.1, -0.05) is 43.7 Å². The number of benzene rings is 1. The number of aryl methyl sites for hydroxylation is 1. The van der Waals surface area contributed by atoms with Crippen LogP contribution in [0.2, 0.25) is 0 Å². The van der Waals surface area contributed by atoms with Gasteiger partial charge in [-0.3, -0.25) is 0 Å². The maximum Gasteiger partial charge on any atom is 0.0402 e. The smallest absolute Gasteiger partial charge is 0.0402 e. The molecule has 1 aromatic rings. The van der Waals surface area contributed by atoms with Crippen LogP contribution in [0, 0.1) is 6.92 Å². The van der Waals surface area contributed by atoms with Gasteiger partial charge in [-0.25, -0.2) is 0 Å². The van der Waals surface area contributed by atoms with Crippen LogP contribution in [0.5, 0.6) is 0 Å². The number of aliphatic hydroxyl groups excluding tert-OH is 1. The molecule has 13 heavy (non-hydrogen) atoms. The Morgan fingerprint density at radius 3 is 1.69 bits per heavy atom. The fourth-order valence-corrected chi connectivity index (χ4v) is 0.759. The van der Waals surface area contributed by atoms with E-state index in [0.717, 1.165) is 0 Å². The first-order chi connectivity index (χ1) is 6.20. The molecule has 0 aliphatic rings. The molecule has 0 amide bonds. The quantitative estimate of drug-likeness (QED) is 0.638. The second-order valence-corrected chi connectivity index (χ2v) is 2.89. The van der Waals surface area contributed by atoms with Crippen LogP contribution in [0.15, 0.2) is 24.3 Å². The van der Waals surface area contributed by atoms with Crippen LogP contribution in [0.4, 0.5) is 0 Å². The molecule has 1 N–H and O–H groups in total. The van der Waals surface area contributed by atoms with Gasteiger partial charge in [-0.05, 0) is 19.2 Å². The fourth-order valence-electron chi connectivity index (χ4n) is 0.566. The molecule has 0 spiro atoms. The summed E-state index contributed by atoms with van der Waals surface area (Å²) in [4.78, 5) is 0. The molecule has 76 valence electrons. The monoisotopic (exact) mass is 200 g/mol. The lowest BCUT2D eigenvalue weighted by Crippen LogP contribution is -1.85. The van der Waals surface area contributed by atoms with Gasteiger partial charge in [-0.2, -0.15) is 0 Å². The summed E-state index contributed by atoms with van der Waals surface area (Å²) in [6.45, 7) is 8.02. The lowest BCUT2D eigenvalue weighted by atomic mass is 10.2. The van der Waals surface area contributed by atoms with E-state index in [1.165, 1.54) is 10.9 Å². The second-order valence-electron chi connectivity index (χ2n) is 2.23. The van der Waals surface area contributed by atoms with E-state index in [4.69, 9.17) is 5.11 Å². The summed E-state index contributed by atoms with van der Waals surface area (Å²) in [7, 11) is 2.65. The number of rotatable bonds is 0. The van der Waals surface area contributed by atoms with E-state index in [-0.39, 0.29) is 6.61 Å². The van der Waals surface area contributed by atoms with Crippen molar-refractivity contribution in [2.75, 3.05) is 6.61 Å². The normalized spacial score (nSPS) is 7.54. The van der Waals surface area contributed by atoms with Crippen LogP contribution in [-0.2, 0) is 0 Å². The van der Waals surface area contributed by atoms with Crippen molar-refractivity contribution in [2.24, 2.45) is 0 Å². The largest absolute Gasteiger partial charge is 0.397 e. The molecule has 0 aliphatic carbocycles. The highest BCUT2D eigenvalue weighted by Gasteiger charge is 1.79. The minimum atomic E-state index is 0.250. The first kappa shape index (κ1) is 15.1. The average molecular weight is 200 g/mol. The summed E-state index contributed by atoms with van der Waals surface area (Å²) < 4.78 is 0. The zero-order valence-electron chi connectivity index (χ0n) is 9.04. The van der Waals surface area contributed by atoms with Crippen LogP contribution in [0.25, 0.3) is 0 Å². The van der Waals surface area contributed by atoms with Crippen LogP contribution in [-0.4, -0.2) is 11.7 Å². The van der Waals surface area contributed by atoms with E-state index < -0.39 is 0 Å². The van der Waals surface area contributed by atoms with Crippen LogP contribution in [0.3, 0.4) is 0 Å². The average Bonchev–Trinajstić information content (AvgIpc) is 2.15. The maximum atomic E-state index is 7.57. The molecule has 2 heteroatoms. The van der Waals surface area contributed by atoms with Gasteiger partial charge in [0.25, 0.3) is 0 Å². The molecule has 0 heterocycles. The topological polar surface area (TPSA) is 20.2 Å². The van der Waals surface area contributed by atoms with Gasteiger partial charge in [0.15, 0.2) is 0 Å². The Morgan fingerprint density at radius 1 is 1.15 bits per heavy atom. The third-order valence-electron chi connectivity index (χ3n) is 1.08. The van der Waals surface area contributed by atoms with Gasteiger partial charge in [-0.15, -0.1) is 9.24 Å². The van der Waals surface area contributed by atoms with Crippen molar-refractivity contribution < 1.29 is 5.11 Å². The van der Waals surface area contributed by atoms with E-state index in [1.54, 1.807) is 6.92 Å². The highest BCUT2D eigenvalue weighted by molar-refractivity contribution is 7.27. The van der Waals surface area contributed by atoms with Crippen molar-refractivity contribution in [2.45, 2.75) is 27.7 Å². The number of hydrogen-bond acceptors (Lipinski definition) is 1. The van der Waals surface area contributed by atoms with E-state index in [1.807, 2.05) is 13.8 Å². The van der Waals surface area contributed by atoms with Gasteiger partial charge >= 0.3 is 0 Å². The molecule has 0 saturated heterocycles. The van der Waals surface area contributed by atoms with Crippen molar-refractivity contribution >= 4 is 14.5 Å². The molecule has 0 bridgehead atoms. The third kappa shape index (κ3) is 11.6. The minimum absolute atomic E-state index is 0.250.